The maximum atomic E-state index is 10.9. The van der Waals surface area contributed by atoms with Gasteiger partial charge in [0.2, 0.25) is 0 Å². The number of amides is 1. The van der Waals surface area contributed by atoms with Crippen LogP contribution in [0, 0.1) is 0 Å². The molecule has 0 radical (unpaired) electrons. The molecule has 0 fully saturated rings. The second-order valence-corrected chi connectivity index (χ2v) is 5.35. The number of nitrogens with one attached hydrogen (secondary N) is 1. The van der Waals surface area contributed by atoms with E-state index in [9.17, 15) is 4.79 Å². The van der Waals surface area contributed by atoms with Crippen molar-refractivity contribution in [2.24, 2.45) is 10.3 Å². The minimum Gasteiger partial charge on any atom is -0.463 e. The highest BCUT2D eigenvalue weighted by Crippen LogP contribution is 2.11. The van der Waals surface area contributed by atoms with Crippen molar-refractivity contribution in [3.8, 4) is 0 Å². The molecule has 0 atom stereocenters. The number of carbonyl (C=O) groups is 1. The zero-order valence-electron chi connectivity index (χ0n) is 12.4. The number of hydrazine groups is 1. The van der Waals surface area contributed by atoms with E-state index < -0.39 is 6.09 Å². The first-order valence-electron chi connectivity index (χ1n) is 7.94. The summed E-state index contributed by atoms with van der Waals surface area (Å²) in [6.07, 6.45) is 12.2. The van der Waals surface area contributed by atoms with Gasteiger partial charge in [-0.05, 0) is 18.1 Å². The van der Waals surface area contributed by atoms with E-state index in [1.165, 1.54) is 44.9 Å². The maximum absolute atomic E-state index is 10.9. The van der Waals surface area contributed by atoms with Gasteiger partial charge in [-0.1, -0.05) is 57.8 Å². The van der Waals surface area contributed by atoms with Crippen molar-refractivity contribution in [3.05, 3.63) is 0 Å². The molecule has 116 valence electrons. The lowest BCUT2D eigenvalue weighted by Gasteiger charge is -2.12. The van der Waals surface area contributed by atoms with E-state index >= 15 is 0 Å². The molecule has 6 nitrogen and oxygen atoms in total. The molecule has 1 amide bonds. The lowest BCUT2D eigenvalue weighted by atomic mass is 10.1. The summed E-state index contributed by atoms with van der Waals surface area (Å²) in [5.74, 6) is 0. The molecular formula is C14H28N4O2. The summed E-state index contributed by atoms with van der Waals surface area (Å²) in [7, 11) is 0. The lowest BCUT2D eigenvalue weighted by Crippen LogP contribution is -2.38. The van der Waals surface area contributed by atoms with Crippen LogP contribution in [0.1, 0.15) is 70.6 Å². The van der Waals surface area contributed by atoms with Crippen molar-refractivity contribution in [3.63, 3.8) is 0 Å². The van der Waals surface area contributed by atoms with Crippen molar-refractivity contribution < 1.29 is 9.90 Å². The molecule has 0 aromatic rings. The third-order valence-electron chi connectivity index (χ3n) is 3.53. The van der Waals surface area contributed by atoms with E-state index in [1.807, 2.05) is 0 Å². The fraction of sp³-hybridized carbons (Fsp3) is 0.929. The topological polar surface area (TPSA) is 77.3 Å². The Morgan fingerprint density at radius 2 is 1.35 bits per heavy atom. The smallest absolute Gasteiger partial charge is 0.444 e. The number of rotatable bonds is 0. The fourth-order valence-electron chi connectivity index (χ4n) is 2.33. The highest BCUT2D eigenvalue weighted by Gasteiger charge is 2.09. The Hall–Kier alpha value is -1.17. The standard InChI is InChI=1S/C14H28N4O2/c19-14(20)18-16-13-11-9-7-5-3-1-2-4-6-8-10-12-15-17-18/h16H,1-13H2,(H,19,20). The molecule has 1 heterocycles. The van der Waals surface area contributed by atoms with Crippen molar-refractivity contribution in [2.75, 3.05) is 13.1 Å². The highest BCUT2D eigenvalue weighted by molar-refractivity contribution is 5.63. The molecule has 0 unspecified atom stereocenters. The lowest BCUT2D eigenvalue weighted by molar-refractivity contribution is 0.116. The van der Waals surface area contributed by atoms with Crippen LogP contribution in [-0.4, -0.2) is 29.4 Å². The minimum absolute atomic E-state index is 0.603. The largest absolute Gasteiger partial charge is 0.463 e. The predicted molar refractivity (Wildman–Crippen MR) is 78.4 cm³/mol. The Bertz CT molecular complexity index is 284. The second-order valence-electron chi connectivity index (χ2n) is 5.35. The average molecular weight is 284 g/mol. The Labute approximate surface area is 121 Å². The highest BCUT2D eigenvalue weighted by atomic mass is 16.4. The summed E-state index contributed by atoms with van der Waals surface area (Å²) in [6.45, 7) is 1.23. The first kappa shape index (κ1) is 16.9. The van der Waals surface area contributed by atoms with Gasteiger partial charge in [0.05, 0.1) is 6.54 Å². The van der Waals surface area contributed by atoms with E-state index in [0.29, 0.717) is 13.1 Å². The van der Waals surface area contributed by atoms with E-state index in [1.54, 1.807) is 0 Å². The Morgan fingerprint density at radius 3 is 1.90 bits per heavy atom. The van der Waals surface area contributed by atoms with Crippen LogP contribution in [0.4, 0.5) is 4.79 Å². The summed E-state index contributed by atoms with van der Waals surface area (Å²) < 4.78 is 0. The monoisotopic (exact) mass is 284 g/mol. The minimum atomic E-state index is -1.10. The molecule has 0 aromatic heterocycles. The quantitative estimate of drug-likeness (QED) is 0.701. The summed E-state index contributed by atoms with van der Waals surface area (Å²) in [5, 5.41) is 17.5. The molecule has 0 saturated heterocycles. The first-order valence-corrected chi connectivity index (χ1v) is 7.94. The molecule has 6 heteroatoms. The zero-order chi connectivity index (χ0) is 14.5. The Kier molecular flexibility index (Phi) is 9.83. The second kappa shape index (κ2) is 11.6. The van der Waals surface area contributed by atoms with Gasteiger partial charge in [-0.3, -0.25) is 0 Å². The van der Waals surface area contributed by atoms with E-state index in [-0.39, 0.29) is 0 Å². The summed E-state index contributed by atoms with van der Waals surface area (Å²) in [5.41, 5.74) is 2.79. The van der Waals surface area contributed by atoms with Gasteiger partial charge in [-0.25, -0.2) is 10.2 Å². The Balaban J connectivity index is 2.32. The van der Waals surface area contributed by atoms with Crippen LogP contribution in [0.2, 0.25) is 0 Å². The predicted octanol–water partition coefficient (Wildman–Crippen LogP) is 4.14. The normalized spacial score (nSPS) is 21.3. The molecule has 1 aliphatic rings. The van der Waals surface area contributed by atoms with Crippen LogP contribution < -0.4 is 5.43 Å². The molecule has 0 spiro atoms. The van der Waals surface area contributed by atoms with Crippen LogP contribution in [0.3, 0.4) is 0 Å². The molecule has 0 saturated carbocycles. The zero-order valence-corrected chi connectivity index (χ0v) is 12.4. The van der Waals surface area contributed by atoms with Gasteiger partial charge in [-0.2, -0.15) is 5.11 Å². The molecule has 0 aliphatic carbocycles. The summed E-state index contributed by atoms with van der Waals surface area (Å²) >= 11 is 0. The van der Waals surface area contributed by atoms with Gasteiger partial charge in [0, 0.05) is 6.54 Å². The van der Waals surface area contributed by atoms with Crippen molar-refractivity contribution in [1.29, 1.82) is 0 Å². The maximum Gasteiger partial charge on any atom is 0.444 e. The molecule has 1 rings (SSSR count). The first-order chi connectivity index (χ1) is 9.80. The molecule has 0 bridgehead atoms. The van der Waals surface area contributed by atoms with Gasteiger partial charge in [-0.15, -0.1) is 5.12 Å². The van der Waals surface area contributed by atoms with Crippen molar-refractivity contribution >= 4 is 6.09 Å². The van der Waals surface area contributed by atoms with E-state index in [0.717, 1.165) is 30.8 Å². The average Bonchev–Trinajstić information content (AvgIpc) is 2.43. The van der Waals surface area contributed by atoms with Crippen molar-refractivity contribution in [2.45, 2.75) is 70.6 Å². The number of hydrogen-bond donors (Lipinski definition) is 2. The van der Waals surface area contributed by atoms with Crippen molar-refractivity contribution in [1.82, 2.24) is 10.5 Å². The third kappa shape index (κ3) is 8.85. The SMILES string of the molecule is O=C(O)N1N=NCCCCCCCCCCCCCN1. The Morgan fingerprint density at radius 1 is 0.850 bits per heavy atom. The molecule has 0 aromatic carbocycles. The van der Waals surface area contributed by atoms with Gasteiger partial charge >= 0.3 is 6.09 Å². The third-order valence-corrected chi connectivity index (χ3v) is 3.53. The van der Waals surface area contributed by atoms with Gasteiger partial charge in [0.25, 0.3) is 0 Å². The summed E-state index contributed by atoms with van der Waals surface area (Å²) in [6, 6.07) is 0. The van der Waals surface area contributed by atoms with E-state index in [4.69, 9.17) is 5.11 Å². The molecular weight excluding hydrogens is 256 g/mol. The molecule has 20 heavy (non-hydrogen) atoms. The fourth-order valence-corrected chi connectivity index (χ4v) is 2.33. The number of hydrogen-bond acceptors (Lipinski definition) is 4. The van der Waals surface area contributed by atoms with E-state index in [2.05, 4.69) is 15.8 Å². The van der Waals surface area contributed by atoms with Crippen LogP contribution in [-0.2, 0) is 0 Å². The molecule has 2 N–H and O–H groups in total. The van der Waals surface area contributed by atoms with Crippen LogP contribution >= 0.6 is 0 Å². The van der Waals surface area contributed by atoms with Crippen LogP contribution in [0.15, 0.2) is 10.3 Å². The van der Waals surface area contributed by atoms with Gasteiger partial charge < -0.3 is 5.11 Å². The van der Waals surface area contributed by atoms with Crippen LogP contribution in [0.25, 0.3) is 0 Å². The van der Waals surface area contributed by atoms with Crippen LogP contribution in [0.5, 0.6) is 0 Å². The van der Waals surface area contributed by atoms with Gasteiger partial charge in [0.15, 0.2) is 0 Å². The summed E-state index contributed by atoms with van der Waals surface area (Å²) in [4.78, 5) is 10.9. The van der Waals surface area contributed by atoms with Gasteiger partial charge in [0.1, 0.15) is 0 Å². The number of nitrogens with zero attached hydrogens (tertiary/aromatic N) is 3. The molecule has 1 aliphatic heterocycles. The number of carboxylic acid groups (broad SMARTS) is 1.